The van der Waals surface area contributed by atoms with Crippen molar-refractivity contribution in [1.29, 1.82) is 0 Å². The molecular formula is C30H34N6O5S. The average molecular weight is 591 g/mol. The quantitative estimate of drug-likeness (QED) is 0.312. The van der Waals surface area contributed by atoms with Crippen molar-refractivity contribution in [1.82, 2.24) is 24.6 Å². The number of aryl methyl sites for hydroxylation is 1. The molecule has 220 valence electrons. The van der Waals surface area contributed by atoms with Gasteiger partial charge in [-0.25, -0.2) is 13.1 Å². The van der Waals surface area contributed by atoms with Crippen LogP contribution in [0.1, 0.15) is 56.1 Å². The van der Waals surface area contributed by atoms with Crippen molar-refractivity contribution in [2.75, 3.05) is 18.0 Å². The molecule has 2 fully saturated rings. The van der Waals surface area contributed by atoms with Crippen molar-refractivity contribution < 1.29 is 22.4 Å². The van der Waals surface area contributed by atoms with Crippen LogP contribution in [0.3, 0.4) is 0 Å². The number of carbonyl (C=O) groups excluding carboxylic acids is 2. The number of nitrogens with zero attached hydrogens (tertiary/aromatic N) is 5. The summed E-state index contributed by atoms with van der Waals surface area (Å²) in [6.07, 6.45) is 5.47. The molecule has 1 aliphatic heterocycles. The molecule has 6 rings (SSSR count). The van der Waals surface area contributed by atoms with Gasteiger partial charge in [0.2, 0.25) is 15.9 Å². The highest BCUT2D eigenvalue weighted by Crippen LogP contribution is 2.32. The van der Waals surface area contributed by atoms with Crippen molar-refractivity contribution in [3.63, 3.8) is 0 Å². The summed E-state index contributed by atoms with van der Waals surface area (Å²) in [5.41, 5.74) is 1.69. The standard InChI is InChI=1S/C30H34N6O5S/c1-21-12-17-27(41-21)29(30(38)31-22-8-2-3-9-22)36(28(37)20-35-26-11-5-4-10-25(26)32-33-35)23-13-15-24(16-14-23)42(39,40)34-18-6-7-19-34/h4-5,10-17,22,29H,2-3,6-9,18-20H2,1H3,(H,31,38)/t29-/m1/s1. The highest BCUT2D eigenvalue weighted by Gasteiger charge is 2.37. The molecule has 2 aromatic heterocycles. The third kappa shape index (κ3) is 5.56. The first kappa shape index (κ1) is 28.1. The number of aromatic nitrogens is 3. The number of sulfonamides is 1. The van der Waals surface area contributed by atoms with Crippen molar-refractivity contribution in [2.45, 2.75) is 69.0 Å². The van der Waals surface area contributed by atoms with E-state index in [4.69, 9.17) is 4.42 Å². The number of para-hydroxylation sites is 1. The van der Waals surface area contributed by atoms with E-state index in [9.17, 15) is 18.0 Å². The molecule has 4 aromatic rings. The lowest BCUT2D eigenvalue weighted by molar-refractivity contribution is -0.127. The van der Waals surface area contributed by atoms with E-state index in [-0.39, 0.29) is 23.4 Å². The van der Waals surface area contributed by atoms with E-state index in [0.717, 1.165) is 38.5 Å². The van der Waals surface area contributed by atoms with Gasteiger partial charge in [-0.1, -0.05) is 30.2 Å². The molecule has 42 heavy (non-hydrogen) atoms. The lowest BCUT2D eigenvalue weighted by Crippen LogP contribution is -2.47. The fourth-order valence-electron chi connectivity index (χ4n) is 5.86. The number of hydrogen-bond donors (Lipinski definition) is 1. The zero-order valence-electron chi connectivity index (χ0n) is 23.5. The van der Waals surface area contributed by atoms with Gasteiger partial charge in [0, 0.05) is 24.8 Å². The van der Waals surface area contributed by atoms with Crippen molar-refractivity contribution >= 4 is 38.6 Å². The molecule has 0 spiro atoms. The Kier molecular flexibility index (Phi) is 7.82. The zero-order valence-corrected chi connectivity index (χ0v) is 24.3. The Morgan fingerprint density at radius 3 is 2.40 bits per heavy atom. The lowest BCUT2D eigenvalue weighted by atomic mass is 10.1. The normalized spacial score (nSPS) is 17.1. The summed E-state index contributed by atoms with van der Waals surface area (Å²) < 4.78 is 35.3. The molecule has 0 unspecified atom stereocenters. The Morgan fingerprint density at radius 2 is 1.71 bits per heavy atom. The molecule has 1 aliphatic carbocycles. The molecule has 1 atom stereocenters. The van der Waals surface area contributed by atoms with E-state index >= 15 is 0 Å². The van der Waals surface area contributed by atoms with Crippen LogP contribution in [0.25, 0.3) is 11.0 Å². The predicted octanol–water partition coefficient (Wildman–Crippen LogP) is 3.95. The Bertz CT molecular complexity index is 1680. The number of nitrogens with one attached hydrogen (secondary N) is 1. The Balaban J connectivity index is 1.40. The van der Waals surface area contributed by atoms with Gasteiger partial charge >= 0.3 is 0 Å². The van der Waals surface area contributed by atoms with Gasteiger partial charge in [0.05, 0.1) is 10.4 Å². The summed E-state index contributed by atoms with van der Waals surface area (Å²) in [6, 6.07) is 15.8. The van der Waals surface area contributed by atoms with Crippen molar-refractivity contribution in [2.24, 2.45) is 0 Å². The van der Waals surface area contributed by atoms with Gasteiger partial charge in [0.1, 0.15) is 23.6 Å². The van der Waals surface area contributed by atoms with E-state index in [1.165, 1.54) is 26.0 Å². The monoisotopic (exact) mass is 590 g/mol. The van der Waals surface area contributed by atoms with Crippen molar-refractivity contribution in [3.8, 4) is 0 Å². The smallest absolute Gasteiger partial charge is 0.251 e. The third-order valence-electron chi connectivity index (χ3n) is 8.03. The first-order chi connectivity index (χ1) is 20.3. The molecule has 2 aliphatic rings. The molecule has 1 N–H and O–H groups in total. The maximum Gasteiger partial charge on any atom is 0.251 e. The fraction of sp³-hybridized carbons (Fsp3) is 0.400. The SMILES string of the molecule is Cc1ccc([C@H](C(=O)NC2CCCC2)N(C(=O)Cn2nnc3ccccc32)c2ccc(S(=O)(=O)N3CCCC3)cc2)o1. The first-order valence-corrected chi connectivity index (χ1v) is 15.8. The van der Waals surface area contributed by atoms with Gasteiger partial charge in [-0.05, 0) is 81.1 Å². The summed E-state index contributed by atoms with van der Waals surface area (Å²) in [5, 5.41) is 11.5. The minimum atomic E-state index is -3.66. The van der Waals surface area contributed by atoms with Gasteiger partial charge in [-0.2, -0.15) is 4.31 Å². The second-order valence-corrected chi connectivity index (χ2v) is 12.9. The molecule has 1 saturated carbocycles. The van der Waals surface area contributed by atoms with E-state index in [2.05, 4.69) is 15.6 Å². The molecule has 2 aromatic carbocycles. The van der Waals surface area contributed by atoms with Crippen molar-refractivity contribution in [3.05, 3.63) is 72.2 Å². The van der Waals surface area contributed by atoms with E-state index < -0.39 is 22.0 Å². The van der Waals surface area contributed by atoms with Crippen LogP contribution in [-0.4, -0.2) is 58.7 Å². The number of fused-ring (bicyclic) bond motifs is 1. The number of amides is 2. The van der Waals surface area contributed by atoms with Crippen LogP contribution in [0.4, 0.5) is 5.69 Å². The Morgan fingerprint density at radius 1 is 1.00 bits per heavy atom. The van der Waals surface area contributed by atoms with E-state index in [1.54, 1.807) is 31.2 Å². The summed E-state index contributed by atoms with van der Waals surface area (Å²) >= 11 is 0. The average Bonchev–Trinajstić information content (AvgIpc) is 3.81. The lowest BCUT2D eigenvalue weighted by Gasteiger charge is -2.31. The Labute approximate surface area is 244 Å². The number of rotatable bonds is 9. The minimum Gasteiger partial charge on any atom is -0.464 e. The molecule has 12 heteroatoms. The highest BCUT2D eigenvalue weighted by atomic mass is 32.2. The van der Waals surface area contributed by atoms with Gasteiger partial charge in [-0.3, -0.25) is 14.5 Å². The maximum atomic E-state index is 14.2. The molecule has 2 amide bonds. The number of anilines is 1. The zero-order chi connectivity index (χ0) is 29.3. The summed E-state index contributed by atoms with van der Waals surface area (Å²) in [5.74, 6) is 0.127. The van der Waals surface area contributed by atoms with Crippen LogP contribution in [0.15, 0.2) is 70.0 Å². The minimum absolute atomic E-state index is 0.0141. The highest BCUT2D eigenvalue weighted by molar-refractivity contribution is 7.89. The van der Waals surface area contributed by atoms with E-state index in [0.29, 0.717) is 41.3 Å². The molecule has 1 saturated heterocycles. The number of carbonyl (C=O) groups is 2. The van der Waals surface area contributed by atoms with Crippen LogP contribution in [0, 0.1) is 6.92 Å². The Hall–Kier alpha value is -4.03. The molecular weight excluding hydrogens is 556 g/mol. The van der Waals surface area contributed by atoms with Gasteiger partial charge < -0.3 is 9.73 Å². The van der Waals surface area contributed by atoms with Crippen LogP contribution >= 0.6 is 0 Å². The third-order valence-corrected chi connectivity index (χ3v) is 9.94. The van der Waals surface area contributed by atoms with Gasteiger partial charge in [-0.15, -0.1) is 5.10 Å². The molecule has 0 bridgehead atoms. The van der Waals surface area contributed by atoms with Crippen LogP contribution in [0.2, 0.25) is 0 Å². The molecule has 11 nitrogen and oxygen atoms in total. The first-order valence-electron chi connectivity index (χ1n) is 14.4. The topological polar surface area (TPSA) is 131 Å². The predicted molar refractivity (Wildman–Crippen MR) is 156 cm³/mol. The second-order valence-electron chi connectivity index (χ2n) is 10.9. The van der Waals surface area contributed by atoms with Crippen LogP contribution in [0.5, 0.6) is 0 Å². The van der Waals surface area contributed by atoms with Gasteiger partial charge in [0.25, 0.3) is 5.91 Å². The van der Waals surface area contributed by atoms with E-state index in [1.807, 2.05) is 24.3 Å². The molecule has 3 heterocycles. The largest absolute Gasteiger partial charge is 0.464 e. The summed E-state index contributed by atoms with van der Waals surface area (Å²) in [6.45, 7) is 2.56. The van der Waals surface area contributed by atoms with Crippen LogP contribution in [-0.2, 0) is 26.2 Å². The maximum absolute atomic E-state index is 14.2. The fourth-order valence-corrected chi connectivity index (χ4v) is 7.37. The van der Waals surface area contributed by atoms with Crippen LogP contribution < -0.4 is 10.2 Å². The van der Waals surface area contributed by atoms with Gasteiger partial charge in [0.15, 0.2) is 6.04 Å². The number of benzene rings is 2. The second kappa shape index (κ2) is 11.7. The number of hydrogen-bond acceptors (Lipinski definition) is 7. The molecule has 0 radical (unpaired) electrons. The number of furan rings is 1. The summed E-state index contributed by atoms with van der Waals surface area (Å²) in [7, 11) is -3.66. The summed E-state index contributed by atoms with van der Waals surface area (Å²) in [4.78, 5) is 29.7.